The van der Waals surface area contributed by atoms with E-state index in [0.717, 1.165) is 14.0 Å². The van der Waals surface area contributed by atoms with Crippen LogP contribution < -0.4 is 0 Å². The van der Waals surface area contributed by atoms with Crippen molar-refractivity contribution in [1.82, 2.24) is 0 Å². The molecule has 0 aliphatic carbocycles. The first-order valence-electron chi connectivity index (χ1n) is 12.6. The van der Waals surface area contributed by atoms with Crippen molar-refractivity contribution in [2.45, 2.75) is 149 Å². The maximum Gasteiger partial charge on any atom is 0.384 e. The van der Waals surface area contributed by atoms with E-state index < -0.39 is 96.1 Å². The second-order valence-corrected chi connectivity index (χ2v) is 11.3. The van der Waals surface area contributed by atoms with Crippen molar-refractivity contribution in [3.8, 4) is 0 Å². The van der Waals surface area contributed by atoms with Crippen LogP contribution in [0.2, 0.25) is 0 Å². The molecule has 0 rings (SSSR count). The molecule has 0 bridgehead atoms. The van der Waals surface area contributed by atoms with E-state index in [1.807, 2.05) is 0 Å². The van der Waals surface area contributed by atoms with Gasteiger partial charge in [0.05, 0.1) is 30.0 Å². The summed E-state index contributed by atoms with van der Waals surface area (Å²) in [5.41, 5.74) is -5.44. The van der Waals surface area contributed by atoms with Crippen LogP contribution in [0.15, 0.2) is 0 Å². The van der Waals surface area contributed by atoms with Crippen LogP contribution in [0, 0.1) is 16.2 Å². The summed E-state index contributed by atoms with van der Waals surface area (Å²) in [4.78, 5) is 38.1. The fourth-order valence-corrected chi connectivity index (χ4v) is 4.31. The lowest BCUT2D eigenvalue weighted by Crippen LogP contribution is -2.69. The SMILES string of the molecule is C.C.C.C.C.C.C.C.CCC(C)(CC(C)(CC(C)(C)C(=O)OCCOC)C(=O)OC)C(=O)OCC(F)(F)C(F)(F)C(F)(F)C(F)(F)C(F)(F)C(F)F. The maximum absolute atomic E-state index is 14.2. The molecule has 19 heteroatoms. The van der Waals surface area contributed by atoms with Crippen molar-refractivity contribution in [3.05, 3.63) is 0 Å². The highest BCUT2D eigenvalue weighted by atomic mass is 19.4. The normalized spacial score (nSPS) is 14.1. The van der Waals surface area contributed by atoms with Crippen molar-refractivity contribution in [1.29, 1.82) is 0 Å². The lowest BCUT2D eigenvalue weighted by Gasteiger charge is -2.40. The van der Waals surface area contributed by atoms with Gasteiger partial charge in [0, 0.05) is 7.11 Å². The number of ether oxygens (including phenoxy) is 4. The minimum atomic E-state index is -7.78. The number of methoxy groups -OCH3 is 2. The number of carbonyl (C=O) groups is 3. The Morgan fingerprint density at radius 1 is 0.558 bits per heavy atom. The number of alkyl halides is 12. The lowest BCUT2D eigenvalue weighted by molar-refractivity contribution is -0.414. The van der Waals surface area contributed by atoms with E-state index in [4.69, 9.17) is 14.2 Å². The van der Waals surface area contributed by atoms with Gasteiger partial charge in [-0.05, 0) is 47.0 Å². The Labute approximate surface area is 303 Å². The standard InChI is InChI=1S/C25H34F12O7.8CH4/c1-8-19(4,12-20(5,16(39)42-7)11-18(2,3)15(38)43-10-9-41-6)17(40)44-13-21(28,29)23(32,33)25(36,37)24(34,35)22(30,31)14(26)27;;;;;;;;/h14H,8-13H2,1-7H3;8*1H4. The Balaban J connectivity index is -0.000000330. The van der Waals surface area contributed by atoms with Gasteiger partial charge in [-0.25, -0.2) is 8.78 Å². The third-order valence-electron chi connectivity index (χ3n) is 6.96. The minimum Gasteiger partial charge on any atom is -0.469 e. The van der Waals surface area contributed by atoms with E-state index in [1.165, 1.54) is 34.8 Å². The smallest absolute Gasteiger partial charge is 0.384 e. The Morgan fingerprint density at radius 2 is 0.981 bits per heavy atom. The van der Waals surface area contributed by atoms with Crippen LogP contribution in [-0.4, -0.2) is 88.0 Å². The summed E-state index contributed by atoms with van der Waals surface area (Å²) in [6.07, 6.45) is -7.23. The second kappa shape index (κ2) is 24.0. The molecule has 2 atom stereocenters. The Bertz CT molecular complexity index is 1030. The third kappa shape index (κ3) is 14.1. The summed E-state index contributed by atoms with van der Waals surface area (Å²) in [5, 5.41) is 0. The van der Waals surface area contributed by atoms with Gasteiger partial charge in [0.2, 0.25) is 0 Å². The van der Waals surface area contributed by atoms with Gasteiger partial charge in [-0.3, -0.25) is 14.4 Å². The van der Waals surface area contributed by atoms with Gasteiger partial charge < -0.3 is 18.9 Å². The maximum atomic E-state index is 14.2. The summed E-state index contributed by atoms with van der Waals surface area (Å²) >= 11 is 0. The molecule has 0 aliphatic rings. The van der Waals surface area contributed by atoms with Gasteiger partial charge in [0.15, 0.2) is 6.61 Å². The van der Waals surface area contributed by atoms with Crippen molar-refractivity contribution in [3.63, 3.8) is 0 Å². The van der Waals surface area contributed by atoms with E-state index in [0.29, 0.717) is 0 Å². The van der Waals surface area contributed by atoms with Crippen molar-refractivity contribution in [2.75, 3.05) is 34.0 Å². The molecule has 52 heavy (non-hydrogen) atoms. The van der Waals surface area contributed by atoms with Crippen LogP contribution in [0.3, 0.4) is 0 Å². The highest BCUT2D eigenvalue weighted by Gasteiger charge is 2.88. The van der Waals surface area contributed by atoms with Gasteiger partial charge in [-0.15, -0.1) is 0 Å². The molecular weight excluding hydrogens is 736 g/mol. The molecular formula is C33H66F12O7. The number of esters is 3. The molecule has 324 valence electrons. The van der Waals surface area contributed by atoms with Crippen LogP contribution in [0.1, 0.15) is 113 Å². The van der Waals surface area contributed by atoms with Gasteiger partial charge in [0.1, 0.15) is 6.61 Å². The highest BCUT2D eigenvalue weighted by molar-refractivity contribution is 5.82. The van der Waals surface area contributed by atoms with Crippen LogP contribution in [0.5, 0.6) is 0 Å². The third-order valence-corrected chi connectivity index (χ3v) is 6.96. The molecule has 0 amide bonds. The summed E-state index contributed by atoms with van der Waals surface area (Å²) in [6.45, 7) is 2.77. The van der Waals surface area contributed by atoms with E-state index in [1.54, 1.807) is 0 Å². The first kappa shape index (κ1) is 71.0. The minimum absolute atomic E-state index is 0. The zero-order valence-corrected chi connectivity index (χ0v) is 24.7. The van der Waals surface area contributed by atoms with Crippen molar-refractivity contribution in [2.24, 2.45) is 16.2 Å². The van der Waals surface area contributed by atoms with E-state index in [2.05, 4.69) is 4.74 Å². The summed E-state index contributed by atoms with van der Waals surface area (Å²) < 4.78 is 180. The van der Waals surface area contributed by atoms with Gasteiger partial charge >= 0.3 is 53.9 Å². The van der Waals surface area contributed by atoms with Gasteiger partial charge in [0.25, 0.3) is 0 Å². The number of hydrogen-bond donors (Lipinski definition) is 0. The molecule has 0 aromatic rings. The topological polar surface area (TPSA) is 88.1 Å². The molecule has 0 N–H and O–H groups in total. The predicted molar refractivity (Wildman–Crippen MR) is 180 cm³/mol. The molecule has 2 unspecified atom stereocenters. The van der Waals surface area contributed by atoms with Crippen LogP contribution in [0.4, 0.5) is 52.7 Å². The number of halogens is 12. The van der Waals surface area contributed by atoms with Crippen molar-refractivity contribution < 1.29 is 86.0 Å². The predicted octanol–water partition coefficient (Wildman–Crippen LogP) is 11.7. The molecule has 0 heterocycles. The summed E-state index contributed by atoms with van der Waals surface area (Å²) in [6, 6.07) is 0. The molecule has 0 spiro atoms. The lowest BCUT2D eigenvalue weighted by atomic mass is 9.65. The number of carbonyl (C=O) groups excluding carboxylic acids is 3. The van der Waals surface area contributed by atoms with Crippen LogP contribution in [-0.2, 0) is 33.3 Å². The molecule has 0 radical (unpaired) electrons. The average molecular weight is 803 g/mol. The molecule has 0 aromatic heterocycles. The Morgan fingerprint density at radius 3 is 1.33 bits per heavy atom. The quantitative estimate of drug-likeness (QED) is 0.0590. The molecule has 0 saturated heterocycles. The fourth-order valence-electron chi connectivity index (χ4n) is 4.31. The van der Waals surface area contributed by atoms with Crippen molar-refractivity contribution >= 4 is 17.9 Å². The van der Waals surface area contributed by atoms with Crippen LogP contribution >= 0.6 is 0 Å². The second-order valence-electron chi connectivity index (χ2n) is 11.3. The molecule has 0 fully saturated rings. The zero-order valence-electron chi connectivity index (χ0n) is 24.7. The highest BCUT2D eigenvalue weighted by Crippen LogP contribution is 2.58. The molecule has 7 nitrogen and oxygen atoms in total. The fraction of sp³-hybridized carbons (Fsp3) is 0.909. The molecule has 0 saturated carbocycles. The van der Waals surface area contributed by atoms with Crippen LogP contribution in [0.25, 0.3) is 0 Å². The number of hydrogen-bond acceptors (Lipinski definition) is 7. The first-order valence-corrected chi connectivity index (χ1v) is 12.6. The molecule has 0 aromatic carbocycles. The van der Waals surface area contributed by atoms with Gasteiger partial charge in [-0.1, -0.05) is 66.3 Å². The van der Waals surface area contributed by atoms with E-state index >= 15 is 0 Å². The zero-order chi connectivity index (χ0) is 35.4. The average Bonchev–Trinajstić information content (AvgIpc) is 2.89. The molecule has 0 aliphatic heterocycles. The monoisotopic (exact) mass is 802 g/mol. The first-order chi connectivity index (χ1) is 19.5. The summed E-state index contributed by atoms with van der Waals surface area (Å²) in [5.74, 6) is -40.4. The van der Waals surface area contributed by atoms with Gasteiger partial charge in [-0.2, -0.15) is 43.9 Å². The summed E-state index contributed by atoms with van der Waals surface area (Å²) in [7, 11) is 2.24. The van der Waals surface area contributed by atoms with E-state index in [-0.39, 0.29) is 72.6 Å². The number of rotatable bonds is 18. The Hall–Kier alpha value is -2.47. The Kier molecular flexibility index (Phi) is 32.8. The largest absolute Gasteiger partial charge is 0.469 e. The van der Waals surface area contributed by atoms with E-state index in [9.17, 15) is 67.1 Å².